The molecule has 0 radical (unpaired) electrons. The van der Waals surface area contributed by atoms with Crippen LogP contribution in [0.25, 0.3) is 0 Å². The first-order valence-electron chi connectivity index (χ1n) is 7.97. The predicted molar refractivity (Wildman–Crippen MR) is 103 cm³/mol. The van der Waals surface area contributed by atoms with Gasteiger partial charge in [-0.25, -0.2) is 8.42 Å². The number of hydrogen-bond acceptors (Lipinski definition) is 3. The zero-order valence-corrected chi connectivity index (χ0v) is 16.8. The molecule has 0 aliphatic carbocycles. The molecule has 0 aliphatic rings. The number of benzene rings is 2. The summed E-state index contributed by atoms with van der Waals surface area (Å²) in [5.74, 6) is -0.284. The lowest BCUT2D eigenvalue weighted by molar-refractivity contribution is 0.102. The maximum atomic E-state index is 12.7. The molecule has 0 fully saturated rings. The standard InChI is InChI=1S/C18H21BrN2O3S/c1-4-21(5-2)25(23,24)16-11-6-13(3)17(12-16)20-18(22)14-7-9-15(19)10-8-14/h6-12H,4-5H2,1-3H3,(H,20,22). The highest BCUT2D eigenvalue weighted by Gasteiger charge is 2.22. The fraction of sp³-hybridized carbons (Fsp3) is 0.278. The number of rotatable bonds is 6. The maximum Gasteiger partial charge on any atom is 0.255 e. The molecule has 2 rings (SSSR count). The lowest BCUT2D eigenvalue weighted by Crippen LogP contribution is -2.30. The van der Waals surface area contributed by atoms with Gasteiger partial charge in [-0.05, 0) is 48.9 Å². The molecule has 0 bridgehead atoms. The average Bonchev–Trinajstić information content (AvgIpc) is 2.58. The van der Waals surface area contributed by atoms with Gasteiger partial charge in [0, 0.05) is 28.8 Å². The Morgan fingerprint density at radius 1 is 1.08 bits per heavy atom. The molecule has 25 heavy (non-hydrogen) atoms. The highest BCUT2D eigenvalue weighted by Crippen LogP contribution is 2.23. The van der Waals surface area contributed by atoms with Crippen molar-refractivity contribution in [1.82, 2.24) is 4.31 Å². The summed E-state index contributed by atoms with van der Waals surface area (Å²) >= 11 is 3.33. The summed E-state index contributed by atoms with van der Waals surface area (Å²) in [5, 5.41) is 2.80. The van der Waals surface area contributed by atoms with Gasteiger partial charge in [0.2, 0.25) is 10.0 Å². The van der Waals surface area contributed by atoms with E-state index >= 15 is 0 Å². The molecule has 1 amide bonds. The second kappa shape index (κ2) is 8.12. The topological polar surface area (TPSA) is 66.5 Å². The summed E-state index contributed by atoms with van der Waals surface area (Å²) in [4.78, 5) is 12.6. The Morgan fingerprint density at radius 3 is 2.24 bits per heavy atom. The minimum Gasteiger partial charge on any atom is -0.322 e. The molecule has 1 N–H and O–H groups in total. The first-order valence-corrected chi connectivity index (χ1v) is 10.2. The third kappa shape index (κ3) is 4.48. The van der Waals surface area contributed by atoms with Crippen molar-refractivity contribution in [2.24, 2.45) is 0 Å². The molecular weight excluding hydrogens is 404 g/mol. The van der Waals surface area contributed by atoms with Crippen LogP contribution in [0, 0.1) is 6.92 Å². The van der Waals surface area contributed by atoms with Crippen LogP contribution >= 0.6 is 15.9 Å². The smallest absolute Gasteiger partial charge is 0.255 e. The van der Waals surface area contributed by atoms with Crippen LogP contribution in [0.4, 0.5) is 5.69 Å². The Balaban J connectivity index is 2.33. The maximum absolute atomic E-state index is 12.7. The van der Waals surface area contributed by atoms with Gasteiger partial charge in [0.25, 0.3) is 5.91 Å². The summed E-state index contributed by atoms with van der Waals surface area (Å²) in [6, 6.07) is 11.7. The van der Waals surface area contributed by atoms with Gasteiger partial charge in [-0.15, -0.1) is 0 Å². The van der Waals surface area contributed by atoms with Crippen LogP contribution in [-0.2, 0) is 10.0 Å². The van der Waals surface area contributed by atoms with Crippen molar-refractivity contribution in [3.05, 3.63) is 58.1 Å². The second-order valence-electron chi connectivity index (χ2n) is 5.53. The van der Waals surface area contributed by atoms with E-state index in [1.807, 2.05) is 6.92 Å². The molecule has 2 aromatic rings. The fourth-order valence-corrected chi connectivity index (χ4v) is 4.15. The van der Waals surface area contributed by atoms with E-state index in [-0.39, 0.29) is 10.8 Å². The number of amides is 1. The molecule has 134 valence electrons. The molecule has 7 heteroatoms. The Bertz CT molecular complexity index is 860. The zero-order chi connectivity index (χ0) is 18.6. The summed E-state index contributed by atoms with van der Waals surface area (Å²) in [5.41, 5.74) is 1.78. The largest absolute Gasteiger partial charge is 0.322 e. The van der Waals surface area contributed by atoms with Crippen molar-refractivity contribution in [3.8, 4) is 0 Å². The third-order valence-electron chi connectivity index (χ3n) is 3.91. The van der Waals surface area contributed by atoms with Crippen molar-refractivity contribution >= 4 is 37.5 Å². The minimum absolute atomic E-state index is 0.174. The number of nitrogens with zero attached hydrogens (tertiary/aromatic N) is 1. The molecule has 5 nitrogen and oxygen atoms in total. The Hall–Kier alpha value is -1.70. The third-order valence-corrected chi connectivity index (χ3v) is 6.48. The number of nitrogens with one attached hydrogen (secondary N) is 1. The number of anilines is 1. The predicted octanol–water partition coefficient (Wildman–Crippen LogP) is 4.04. The fourth-order valence-electron chi connectivity index (χ4n) is 2.40. The van der Waals surface area contributed by atoms with Crippen LogP contribution < -0.4 is 5.32 Å². The van der Waals surface area contributed by atoms with E-state index in [4.69, 9.17) is 0 Å². The zero-order valence-electron chi connectivity index (χ0n) is 14.4. The monoisotopic (exact) mass is 424 g/mol. The molecular formula is C18H21BrN2O3S. The molecule has 0 aliphatic heterocycles. The Morgan fingerprint density at radius 2 is 1.68 bits per heavy atom. The number of hydrogen-bond donors (Lipinski definition) is 1. The van der Waals surface area contributed by atoms with Crippen molar-refractivity contribution in [3.63, 3.8) is 0 Å². The normalized spacial score (nSPS) is 11.6. The quantitative estimate of drug-likeness (QED) is 0.760. The Labute approximate surface area is 157 Å². The van der Waals surface area contributed by atoms with E-state index in [9.17, 15) is 13.2 Å². The van der Waals surface area contributed by atoms with Gasteiger partial charge in [-0.3, -0.25) is 4.79 Å². The van der Waals surface area contributed by atoms with E-state index < -0.39 is 10.0 Å². The number of carbonyl (C=O) groups excluding carboxylic acids is 1. The second-order valence-corrected chi connectivity index (χ2v) is 8.38. The molecule has 0 spiro atoms. The van der Waals surface area contributed by atoms with Crippen LogP contribution in [0.5, 0.6) is 0 Å². The average molecular weight is 425 g/mol. The van der Waals surface area contributed by atoms with Gasteiger partial charge in [0.05, 0.1) is 4.90 Å². The Kier molecular flexibility index (Phi) is 6.37. The van der Waals surface area contributed by atoms with Gasteiger partial charge in [-0.1, -0.05) is 35.8 Å². The number of aryl methyl sites for hydroxylation is 1. The van der Waals surface area contributed by atoms with Gasteiger partial charge in [0.1, 0.15) is 0 Å². The van der Waals surface area contributed by atoms with E-state index in [1.165, 1.54) is 10.4 Å². The molecule has 0 saturated carbocycles. The van der Waals surface area contributed by atoms with Crippen molar-refractivity contribution in [1.29, 1.82) is 0 Å². The first-order chi connectivity index (χ1) is 11.8. The van der Waals surface area contributed by atoms with E-state index in [1.54, 1.807) is 50.2 Å². The van der Waals surface area contributed by atoms with E-state index in [0.717, 1.165) is 10.0 Å². The van der Waals surface area contributed by atoms with Crippen LogP contribution in [0.1, 0.15) is 29.8 Å². The molecule has 0 unspecified atom stereocenters. The lowest BCUT2D eigenvalue weighted by Gasteiger charge is -2.19. The summed E-state index contributed by atoms with van der Waals surface area (Å²) in [6.07, 6.45) is 0. The van der Waals surface area contributed by atoms with Gasteiger partial charge < -0.3 is 5.32 Å². The van der Waals surface area contributed by atoms with Crippen molar-refractivity contribution in [2.75, 3.05) is 18.4 Å². The molecule has 0 aromatic heterocycles. The van der Waals surface area contributed by atoms with E-state index in [0.29, 0.717) is 24.3 Å². The molecule has 0 heterocycles. The molecule has 2 aromatic carbocycles. The van der Waals surface area contributed by atoms with Crippen molar-refractivity contribution in [2.45, 2.75) is 25.7 Å². The minimum atomic E-state index is -3.57. The molecule has 0 atom stereocenters. The van der Waals surface area contributed by atoms with Crippen LogP contribution in [0.15, 0.2) is 51.8 Å². The summed E-state index contributed by atoms with van der Waals surface area (Å²) < 4.78 is 27.6. The summed E-state index contributed by atoms with van der Waals surface area (Å²) in [6.45, 7) is 6.21. The van der Waals surface area contributed by atoms with Crippen LogP contribution in [0.3, 0.4) is 0 Å². The number of halogens is 1. The van der Waals surface area contributed by atoms with Gasteiger partial charge in [-0.2, -0.15) is 4.31 Å². The highest BCUT2D eigenvalue weighted by atomic mass is 79.9. The molecule has 0 saturated heterocycles. The number of sulfonamides is 1. The van der Waals surface area contributed by atoms with Crippen LogP contribution in [-0.4, -0.2) is 31.7 Å². The highest BCUT2D eigenvalue weighted by molar-refractivity contribution is 9.10. The van der Waals surface area contributed by atoms with Gasteiger partial charge in [0.15, 0.2) is 0 Å². The van der Waals surface area contributed by atoms with Crippen molar-refractivity contribution < 1.29 is 13.2 Å². The SMILES string of the molecule is CCN(CC)S(=O)(=O)c1ccc(C)c(NC(=O)c2ccc(Br)cc2)c1. The lowest BCUT2D eigenvalue weighted by atomic mass is 10.1. The van der Waals surface area contributed by atoms with Gasteiger partial charge >= 0.3 is 0 Å². The van der Waals surface area contributed by atoms with Crippen LogP contribution in [0.2, 0.25) is 0 Å². The number of carbonyl (C=O) groups is 1. The van der Waals surface area contributed by atoms with E-state index in [2.05, 4.69) is 21.2 Å². The summed E-state index contributed by atoms with van der Waals surface area (Å²) in [7, 11) is -3.57. The first kappa shape index (κ1) is 19.6.